The van der Waals surface area contributed by atoms with Crippen LogP contribution in [0.15, 0.2) is 30.3 Å². The summed E-state index contributed by atoms with van der Waals surface area (Å²) in [6.07, 6.45) is 0. The van der Waals surface area contributed by atoms with E-state index < -0.39 is 10.7 Å². The molecule has 0 aliphatic heterocycles. The highest BCUT2D eigenvalue weighted by Crippen LogP contribution is 2.34. The first-order valence-electron chi connectivity index (χ1n) is 5.94. The molecular weight excluding hydrogens is 301 g/mol. The molecule has 0 aliphatic rings. The predicted octanol–water partition coefficient (Wildman–Crippen LogP) is 3.98. The minimum Gasteiger partial charge on any atom is -0.453 e. The van der Waals surface area contributed by atoms with Crippen molar-refractivity contribution in [3.8, 4) is 11.5 Å². The van der Waals surface area contributed by atoms with Gasteiger partial charge in [-0.15, -0.1) is 0 Å². The zero-order chi connectivity index (χ0) is 15.6. The van der Waals surface area contributed by atoms with Crippen molar-refractivity contribution >= 4 is 17.3 Å². The maximum atomic E-state index is 13.8. The second kappa shape index (κ2) is 6.07. The van der Waals surface area contributed by atoms with Crippen LogP contribution in [0, 0.1) is 22.9 Å². The summed E-state index contributed by atoms with van der Waals surface area (Å²) in [5.41, 5.74) is 0.550. The van der Waals surface area contributed by atoms with E-state index in [1.807, 2.05) is 0 Å². The van der Waals surface area contributed by atoms with Gasteiger partial charge in [0.2, 0.25) is 0 Å². The zero-order valence-electron chi connectivity index (χ0n) is 11.0. The Bertz CT molecular complexity index is 706. The monoisotopic (exact) mass is 311 g/mol. The van der Waals surface area contributed by atoms with Crippen LogP contribution in [0.3, 0.4) is 0 Å². The van der Waals surface area contributed by atoms with Crippen molar-refractivity contribution in [3.63, 3.8) is 0 Å². The molecule has 0 fully saturated rings. The third-order valence-corrected chi connectivity index (χ3v) is 3.14. The predicted molar refractivity (Wildman–Crippen MR) is 75.2 cm³/mol. The third-order valence-electron chi connectivity index (χ3n) is 2.85. The van der Waals surface area contributed by atoms with Gasteiger partial charge in [-0.3, -0.25) is 10.1 Å². The molecule has 110 valence electrons. The van der Waals surface area contributed by atoms with Crippen LogP contribution in [0.25, 0.3) is 0 Å². The number of benzene rings is 2. The Hall–Kier alpha value is -2.18. The van der Waals surface area contributed by atoms with Gasteiger partial charge < -0.3 is 9.84 Å². The van der Waals surface area contributed by atoms with Crippen LogP contribution >= 0.6 is 11.6 Å². The lowest BCUT2D eigenvalue weighted by molar-refractivity contribution is -0.385. The lowest BCUT2D eigenvalue weighted by Crippen LogP contribution is -1.96. The molecule has 2 rings (SSSR count). The second-order valence-electron chi connectivity index (χ2n) is 4.35. The van der Waals surface area contributed by atoms with Crippen molar-refractivity contribution in [3.05, 3.63) is 62.4 Å². The number of hydrogen-bond donors (Lipinski definition) is 1. The number of hydrogen-bond acceptors (Lipinski definition) is 4. The fourth-order valence-electron chi connectivity index (χ4n) is 1.76. The molecule has 0 spiro atoms. The highest BCUT2D eigenvalue weighted by molar-refractivity contribution is 6.32. The summed E-state index contributed by atoms with van der Waals surface area (Å²) in [7, 11) is 0. The van der Waals surface area contributed by atoms with Gasteiger partial charge in [-0.25, -0.2) is 4.39 Å². The van der Waals surface area contributed by atoms with E-state index in [9.17, 15) is 14.5 Å². The van der Waals surface area contributed by atoms with Crippen LogP contribution in [0.2, 0.25) is 5.02 Å². The smallest absolute Gasteiger partial charge is 0.275 e. The van der Waals surface area contributed by atoms with Crippen molar-refractivity contribution in [2.45, 2.75) is 13.5 Å². The minimum absolute atomic E-state index is 0.156. The molecule has 2 aromatic rings. The molecule has 0 unspecified atom stereocenters. The average molecular weight is 312 g/mol. The van der Waals surface area contributed by atoms with Gasteiger partial charge in [0.15, 0.2) is 11.6 Å². The molecule has 5 nitrogen and oxygen atoms in total. The SMILES string of the molecule is Cc1cc(Oc2ccc(CO)cc2Cl)c(F)cc1[N+](=O)[O-]. The maximum absolute atomic E-state index is 13.8. The molecule has 0 atom stereocenters. The van der Waals surface area contributed by atoms with Gasteiger partial charge in [0.05, 0.1) is 22.6 Å². The number of halogens is 2. The van der Waals surface area contributed by atoms with E-state index in [0.717, 1.165) is 6.07 Å². The van der Waals surface area contributed by atoms with Gasteiger partial charge in [0, 0.05) is 5.56 Å². The molecule has 0 saturated carbocycles. The highest BCUT2D eigenvalue weighted by atomic mass is 35.5. The van der Waals surface area contributed by atoms with Crippen LogP contribution in [-0.4, -0.2) is 10.0 Å². The number of ether oxygens (including phenoxy) is 1. The number of aliphatic hydroxyl groups is 1. The summed E-state index contributed by atoms with van der Waals surface area (Å²) in [5, 5.41) is 19.9. The lowest BCUT2D eigenvalue weighted by atomic mass is 10.2. The Morgan fingerprint density at radius 3 is 2.62 bits per heavy atom. The number of nitrogens with zero attached hydrogens (tertiary/aromatic N) is 1. The Morgan fingerprint density at radius 1 is 1.33 bits per heavy atom. The van der Waals surface area contributed by atoms with Crippen LogP contribution < -0.4 is 4.74 Å². The van der Waals surface area contributed by atoms with E-state index in [-0.39, 0.29) is 34.4 Å². The second-order valence-corrected chi connectivity index (χ2v) is 4.76. The van der Waals surface area contributed by atoms with Crippen molar-refractivity contribution < 1.29 is 19.2 Å². The molecular formula is C14H11ClFNO4. The van der Waals surface area contributed by atoms with Crippen LogP contribution in [-0.2, 0) is 6.61 Å². The molecule has 0 bridgehead atoms. The topological polar surface area (TPSA) is 72.6 Å². The summed E-state index contributed by atoms with van der Waals surface area (Å²) in [4.78, 5) is 10.1. The van der Waals surface area contributed by atoms with Gasteiger partial charge in [0.25, 0.3) is 5.69 Å². The Balaban J connectivity index is 2.36. The standard InChI is InChI=1S/C14H11ClFNO4/c1-8-4-14(11(16)6-12(8)17(19)20)21-13-3-2-9(7-18)5-10(13)15/h2-6,18H,7H2,1H3. The Morgan fingerprint density at radius 2 is 2.05 bits per heavy atom. The first-order chi connectivity index (χ1) is 9.92. The quantitative estimate of drug-likeness (QED) is 0.684. The summed E-state index contributed by atoms with van der Waals surface area (Å²) >= 11 is 5.97. The number of nitro groups is 1. The van der Waals surface area contributed by atoms with E-state index >= 15 is 0 Å². The van der Waals surface area contributed by atoms with Gasteiger partial charge in [0.1, 0.15) is 5.75 Å². The van der Waals surface area contributed by atoms with E-state index in [1.165, 1.54) is 25.1 Å². The largest absolute Gasteiger partial charge is 0.453 e. The number of aliphatic hydroxyl groups excluding tert-OH is 1. The molecule has 0 radical (unpaired) electrons. The highest BCUT2D eigenvalue weighted by Gasteiger charge is 2.17. The molecule has 21 heavy (non-hydrogen) atoms. The minimum atomic E-state index is -0.852. The van der Waals surface area contributed by atoms with Gasteiger partial charge in [-0.05, 0) is 30.7 Å². The van der Waals surface area contributed by atoms with Gasteiger partial charge in [-0.1, -0.05) is 17.7 Å². The summed E-state index contributed by atoms with van der Waals surface area (Å²) in [5.74, 6) is -0.813. The average Bonchev–Trinajstić information content (AvgIpc) is 2.44. The molecule has 0 amide bonds. The molecule has 2 aromatic carbocycles. The Labute approximate surface area is 124 Å². The van der Waals surface area contributed by atoms with E-state index in [2.05, 4.69) is 0 Å². The Kier molecular flexibility index (Phi) is 4.40. The number of aryl methyl sites for hydroxylation is 1. The van der Waals surface area contributed by atoms with E-state index in [0.29, 0.717) is 5.56 Å². The van der Waals surface area contributed by atoms with Crippen molar-refractivity contribution in [2.24, 2.45) is 0 Å². The fraction of sp³-hybridized carbons (Fsp3) is 0.143. The van der Waals surface area contributed by atoms with E-state index in [4.69, 9.17) is 21.4 Å². The normalized spacial score (nSPS) is 10.5. The van der Waals surface area contributed by atoms with Crippen molar-refractivity contribution in [1.82, 2.24) is 0 Å². The van der Waals surface area contributed by atoms with E-state index in [1.54, 1.807) is 6.07 Å². The summed E-state index contributed by atoms with van der Waals surface area (Å²) in [6.45, 7) is 1.31. The van der Waals surface area contributed by atoms with Gasteiger partial charge in [-0.2, -0.15) is 0 Å². The summed E-state index contributed by atoms with van der Waals surface area (Å²) < 4.78 is 19.2. The van der Waals surface area contributed by atoms with Gasteiger partial charge >= 0.3 is 0 Å². The third kappa shape index (κ3) is 3.29. The van der Waals surface area contributed by atoms with Crippen LogP contribution in [0.5, 0.6) is 11.5 Å². The van der Waals surface area contributed by atoms with Crippen molar-refractivity contribution in [2.75, 3.05) is 0 Å². The van der Waals surface area contributed by atoms with Crippen LogP contribution in [0.1, 0.15) is 11.1 Å². The molecule has 0 aromatic heterocycles. The number of rotatable bonds is 4. The zero-order valence-corrected chi connectivity index (χ0v) is 11.7. The molecule has 0 heterocycles. The summed E-state index contributed by atoms with van der Waals surface area (Å²) in [6, 6.07) is 6.61. The maximum Gasteiger partial charge on any atom is 0.275 e. The number of nitro benzene ring substituents is 1. The van der Waals surface area contributed by atoms with Crippen molar-refractivity contribution in [1.29, 1.82) is 0 Å². The first kappa shape index (κ1) is 15.2. The fourth-order valence-corrected chi connectivity index (χ4v) is 2.01. The molecule has 1 N–H and O–H groups in total. The van der Waals surface area contributed by atoms with Crippen LogP contribution in [0.4, 0.5) is 10.1 Å². The lowest BCUT2D eigenvalue weighted by Gasteiger charge is -2.10. The molecule has 0 aliphatic carbocycles. The molecule has 7 heteroatoms. The molecule has 0 saturated heterocycles. The first-order valence-corrected chi connectivity index (χ1v) is 6.32.